The smallest absolute Gasteiger partial charge is 0.419 e. The van der Waals surface area contributed by atoms with Crippen LogP contribution in [0.3, 0.4) is 0 Å². The Labute approximate surface area is 264 Å². The molecule has 0 saturated carbocycles. The largest absolute Gasteiger partial charge is 0.462 e. The van der Waals surface area contributed by atoms with Gasteiger partial charge in [0.2, 0.25) is 0 Å². The Bertz CT molecular complexity index is 1400. The van der Waals surface area contributed by atoms with E-state index in [1.165, 1.54) is 0 Å². The molecule has 0 fully saturated rings. The second kappa shape index (κ2) is 14.7. The molecule has 2 aromatic rings. The number of rotatable bonds is 11. The van der Waals surface area contributed by atoms with E-state index in [-0.39, 0.29) is 45.0 Å². The number of nitrogens with zero attached hydrogens (tertiary/aromatic N) is 1. The number of ether oxygens (including phenoxy) is 5. The zero-order valence-corrected chi connectivity index (χ0v) is 27.6. The molecule has 1 aliphatic heterocycles. The highest BCUT2D eigenvalue weighted by Crippen LogP contribution is 2.36. The number of esters is 1. The molecular formula is C33H45N3O9. The van der Waals surface area contributed by atoms with Crippen molar-refractivity contribution in [1.29, 1.82) is 0 Å². The van der Waals surface area contributed by atoms with Gasteiger partial charge in [-0.05, 0) is 92.2 Å². The SMILES string of the molecule is CCOC(=O)c1cc(C)[nH]c1/C=C1\C(=O)Nc2ccc([C@H](C)OCCOCCN(C(=O)OC(C)(C)C)C(=O)OC(C)(C)C)cc21. The fourth-order valence-electron chi connectivity index (χ4n) is 4.38. The number of carbonyl (C=O) groups is 4. The van der Waals surface area contributed by atoms with Crippen LogP contribution in [0.15, 0.2) is 24.3 Å². The number of carbonyl (C=O) groups excluding carboxylic acids is 4. The van der Waals surface area contributed by atoms with Crippen molar-refractivity contribution >= 4 is 41.4 Å². The molecule has 1 aromatic heterocycles. The van der Waals surface area contributed by atoms with E-state index >= 15 is 0 Å². The second-order valence-electron chi connectivity index (χ2n) is 12.6. The predicted molar refractivity (Wildman–Crippen MR) is 169 cm³/mol. The molecular weight excluding hydrogens is 582 g/mol. The molecule has 12 nitrogen and oxygen atoms in total. The Balaban J connectivity index is 1.60. The van der Waals surface area contributed by atoms with Crippen LogP contribution in [0.4, 0.5) is 15.3 Å². The van der Waals surface area contributed by atoms with Crippen molar-refractivity contribution in [1.82, 2.24) is 9.88 Å². The van der Waals surface area contributed by atoms with Gasteiger partial charge >= 0.3 is 18.2 Å². The zero-order valence-electron chi connectivity index (χ0n) is 27.6. The van der Waals surface area contributed by atoms with Gasteiger partial charge in [-0.25, -0.2) is 19.3 Å². The van der Waals surface area contributed by atoms with Crippen molar-refractivity contribution < 1.29 is 42.9 Å². The van der Waals surface area contributed by atoms with Gasteiger partial charge in [-0.15, -0.1) is 0 Å². The minimum atomic E-state index is -0.813. The first-order chi connectivity index (χ1) is 21.0. The monoisotopic (exact) mass is 627 g/mol. The summed E-state index contributed by atoms with van der Waals surface area (Å²) in [4.78, 5) is 54.6. The Hall–Kier alpha value is -4.16. The number of aryl methyl sites for hydroxylation is 1. The molecule has 12 heteroatoms. The average molecular weight is 628 g/mol. The maximum absolute atomic E-state index is 12.9. The van der Waals surface area contributed by atoms with Gasteiger partial charge in [0.25, 0.3) is 5.91 Å². The number of amides is 3. The fraction of sp³-hybridized carbons (Fsp3) is 0.515. The molecule has 0 unspecified atom stereocenters. The van der Waals surface area contributed by atoms with E-state index in [9.17, 15) is 19.2 Å². The lowest BCUT2D eigenvalue weighted by atomic mass is 10.0. The molecule has 1 atom stereocenters. The normalized spacial score (nSPS) is 14.5. The Kier molecular flexibility index (Phi) is 11.6. The van der Waals surface area contributed by atoms with E-state index in [1.807, 2.05) is 32.0 Å². The quantitative estimate of drug-likeness (QED) is 0.128. The number of fused-ring (bicyclic) bond motifs is 1. The lowest BCUT2D eigenvalue weighted by molar-refractivity contribution is -0.110. The third-order valence-corrected chi connectivity index (χ3v) is 6.35. The molecule has 1 aliphatic rings. The van der Waals surface area contributed by atoms with Gasteiger partial charge in [0.15, 0.2) is 0 Å². The van der Waals surface area contributed by atoms with Crippen molar-refractivity contribution in [2.45, 2.75) is 79.6 Å². The van der Waals surface area contributed by atoms with Gasteiger partial charge in [-0.2, -0.15) is 0 Å². The minimum absolute atomic E-state index is 0.0570. The highest BCUT2D eigenvalue weighted by molar-refractivity contribution is 6.35. The molecule has 0 saturated heterocycles. The summed E-state index contributed by atoms with van der Waals surface area (Å²) in [5.74, 6) is -0.745. The van der Waals surface area contributed by atoms with Crippen molar-refractivity contribution in [3.63, 3.8) is 0 Å². The van der Waals surface area contributed by atoms with Gasteiger partial charge in [0, 0.05) is 16.9 Å². The number of hydrogen-bond acceptors (Lipinski definition) is 9. The maximum Gasteiger partial charge on any atom is 0.419 e. The van der Waals surface area contributed by atoms with Gasteiger partial charge in [-0.3, -0.25) is 4.79 Å². The highest BCUT2D eigenvalue weighted by atomic mass is 16.6. The van der Waals surface area contributed by atoms with Gasteiger partial charge in [0.05, 0.1) is 55.9 Å². The highest BCUT2D eigenvalue weighted by Gasteiger charge is 2.31. The molecule has 246 valence electrons. The van der Waals surface area contributed by atoms with Crippen LogP contribution < -0.4 is 5.32 Å². The minimum Gasteiger partial charge on any atom is -0.462 e. The van der Waals surface area contributed by atoms with Crippen molar-refractivity contribution in [3.8, 4) is 0 Å². The maximum atomic E-state index is 12.9. The summed E-state index contributed by atoms with van der Waals surface area (Å²) in [6.45, 7) is 16.4. The summed E-state index contributed by atoms with van der Waals surface area (Å²) in [5.41, 5.74) is 2.65. The van der Waals surface area contributed by atoms with Crippen LogP contribution in [0, 0.1) is 6.92 Å². The third kappa shape index (κ3) is 10.2. The lowest BCUT2D eigenvalue weighted by Gasteiger charge is -2.28. The average Bonchev–Trinajstić information content (AvgIpc) is 3.44. The molecule has 2 N–H and O–H groups in total. The molecule has 2 heterocycles. The second-order valence-corrected chi connectivity index (χ2v) is 12.6. The summed E-state index contributed by atoms with van der Waals surface area (Å²) in [6.07, 6.45) is -0.307. The standard InChI is InChI=1S/C33H45N3O9/c1-10-42-29(38)25-17-20(2)34-27(25)19-24-23-18-22(11-12-26(23)35-28(24)37)21(3)43-16-15-41-14-13-36(30(39)44-32(4,5)6)31(40)45-33(7,8)9/h11-12,17-19,21,34H,10,13-16H2,1-9H3,(H,35,37)/b24-19-/t21-/m0/s1. The number of anilines is 1. The van der Waals surface area contributed by atoms with Crippen LogP contribution in [0.5, 0.6) is 0 Å². The summed E-state index contributed by atoms with van der Waals surface area (Å²) in [7, 11) is 0. The molecule has 0 spiro atoms. The summed E-state index contributed by atoms with van der Waals surface area (Å²) in [5, 5.41) is 2.86. The van der Waals surface area contributed by atoms with Gasteiger partial charge in [-0.1, -0.05) is 6.07 Å². The Morgan fingerprint density at radius 3 is 2.20 bits per heavy atom. The fourth-order valence-corrected chi connectivity index (χ4v) is 4.38. The van der Waals surface area contributed by atoms with E-state index in [4.69, 9.17) is 23.7 Å². The van der Waals surface area contributed by atoms with E-state index in [0.29, 0.717) is 28.1 Å². The first-order valence-electron chi connectivity index (χ1n) is 15.0. The van der Waals surface area contributed by atoms with Crippen molar-refractivity contribution in [2.24, 2.45) is 0 Å². The molecule has 0 radical (unpaired) electrons. The number of imide groups is 1. The molecule has 1 aromatic carbocycles. The van der Waals surface area contributed by atoms with Crippen LogP contribution in [0.1, 0.15) is 94.4 Å². The lowest BCUT2D eigenvalue weighted by Crippen LogP contribution is -2.45. The number of nitrogens with one attached hydrogen (secondary N) is 2. The number of aromatic nitrogens is 1. The van der Waals surface area contributed by atoms with Crippen LogP contribution in [-0.4, -0.2) is 78.1 Å². The van der Waals surface area contributed by atoms with E-state index < -0.39 is 29.4 Å². The van der Waals surface area contributed by atoms with Crippen molar-refractivity contribution in [2.75, 3.05) is 38.3 Å². The van der Waals surface area contributed by atoms with E-state index in [1.54, 1.807) is 60.6 Å². The Morgan fingerprint density at radius 2 is 1.60 bits per heavy atom. The molecule has 0 bridgehead atoms. The molecule has 45 heavy (non-hydrogen) atoms. The summed E-state index contributed by atoms with van der Waals surface area (Å²) < 4.78 is 27.5. The first kappa shape index (κ1) is 35.3. The first-order valence-corrected chi connectivity index (χ1v) is 15.0. The van der Waals surface area contributed by atoms with Crippen molar-refractivity contribution in [3.05, 3.63) is 52.3 Å². The predicted octanol–water partition coefficient (Wildman–Crippen LogP) is 6.26. The number of H-pyrrole nitrogens is 1. The van der Waals surface area contributed by atoms with Crippen LogP contribution in [0.2, 0.25) is 0 Å². The zero-order chi connectivity index (χ0) is 33.5. The third-order valence-electron chi connectivity index (χ3n) is 6.35. The molecule has 0 aliphatic carbocycles. The van der Waals surface area contributed by atoms with Crippen LogP contribution in [-0.2, 0) is 28.5 Å². The van der Waals surface area contributed by atoms with Gasteiger partial charge in [0.1, 0.15) is 11.2 Å². The molecule has 3 amide bonds. The number of hydrogen-bond donors (Lipinski definition) is 2. The van der Waals surface area contributed by atoms with Crippen LogP contribution >= 0.6 is 0 Å². The van der Waals surface area contributed by atoms with E-state index in [0.717, 1.165) is 16.2 Å². The molecule has 3 rings (SSSR count). The number of aromatic amines is 1. The van der Waals surface area contributed by atoms with Gasteiger partial charge < -0.3 is 34.0 Å². The summed E-state index contributed by atoms with van der Waals surface area (Å²) in [6, 6.07) is 7.26. The van der Waals surface area contributed by atoms with E-state index in [2.05, 4.69) is 10.3 Å². The summed E-state index contributed by atoms with van der Waals surface area (Å²) >= 11 is 0. The Morgan fingerprint density at radius 1 is 0.956 bits per heavy atom. The van der Waals surface area contributed by atoms with Crippen LogP contribution in [0.25, 0.3) is 11.6 Å². The number of benzene rings is 1. The topological polar surface area (TPSA) is 145 Å².